The van der Waals surface area contributed by atoms with Crippen molar-refractivity contribution < 1.29 is 23.6 Å². The van der Waals surface area contributed by atoms with Crippen LogP contribution in [0.15, 0.2) is 81.3 Å². The maximum absolute atomic E-state index is 14.6. The average Bonchev–Trinajstić information content (AvgIpc) is 4.06. The molecule has 0 fully saturated rings. The third-order valence-electron chi connectivity index (χ3n) is 13.5. The van der Waals surface area contributed by atoms with E-state index in [4.69, 9.17) is 35.6 Å². The highest BCUT2D eigenvalue weighted by atomic mass is 35.5. The van der Waals surface area contributed by atoms with Crippen molar-refractivity contribution >= 4 is 62.4 Å². The Balaban J connectivity index is 0.857. The Morgan fingerprint density at radius 1 is 0.918 bits per heavy atom. The molecule has 17 nitrogen and oxygen atoms in total. The van der Waals surface area contributed by atoms with Crippen molar-refractivity contribution in [2.75, 3.05) is 33.4 Å². The second kappa shape index (κ2) is 20.1. The molecule has 2 aromatic carbocycles. The zero-order chi connectivity index (χ0) is 52.1. The number of nitrogens with zero attached hydrogens (tertiary/aromatic N) is 9. The summed E-state index contributed by atoms with van der Waals surface area (Å²) in [5.74, 6) is 2.01. The summed E-state index contributed by atoms with van der Waals surface area (Å²) in [6, 6.07) is 15.9. The number of nitrogens with one attached hydrogen (secondary N) is 2. The lowest BCUT2D eigenvalue weighted by atomic mass is 9.93. The number of methoxy groups -OCH3 is 1. The van der Waals surface area contributed by atoms with Gasteiger partial charge in [-0.3, -0.25) is 38.3 Å². The molecule has 7 heterocycles. The summed E-state index contributed by atoms with van der Waals surface area (Å²) < 4.78 is 22.9. The first kappa shape index (κ1) is 50.9. The van der Waals surface area contributed by atoms with E-state index in [-0.39, 0.29) is 37.0 Å². The number of carbonyl (C=O) groups excluding carboxylic acids is 2. The van der Waals surface area contributed by atoms with E-state index in [2.05, 4.69) is 44.8 Å². The van der Waals surface area contributed by atoms with E-state index in [1.165, 1.54) is 9.44 Å². The van der Waals surface area contributed by atoms with Gasteiger partial charge in [-0.05, 0) is 83.5 Å². The van der Waals surface area contributed by atoms with Gasteiger partial charge in [0.2, 0.25) is 11.8 Å². The van der Waals surface area contributed by atoms with Crippen molar-refractivity contribution in [2.45, 2.75) is 94.3 Å². The Labute approximate surface area is 432 Å². The van der Waals surface area contributed by atoms with Crippen molar-refractivity contribution in [3.05, 3.63) is 133 Å². The number of aromatic nitrogens is 8. The van der Waals surface area contributed by atoms with Crippen LogP contribution in [-0.2, 0) is 20.9 Å². The largest absolute Gasteiger partial charge is 0.496 e. The number of pyridine rings is 2. The van der Waals surface area contributed by atoms with Gasteiger partial charge >= 0.3 is 5.69 Å². The fraction of sp³-hybridized carbons (Fsp3) is 0.389. The number of aryl methyl sites for hydroxylation is 4. The minimum Gasteiger partial charge on any atom is -0.496 e. The smallest absolute Gasteiger partial charge is 0.330 e. The Bertz CT molecular complexity index is 3480. The summed E-state index contributed by atoms with van der Waals surface area (Å²) in [4.78, 5) is 58.0. The molecule has 2 N–H and O–H groups in total. The summed E-state index contributed by atoms with van der Waals surface area (Å²) >= 11 is 7.95. The van der Waals surface area contributed by atoms with Crippen LogP contribution >= 0.6 is 22.9 Å². The molecule has 6 aromatic heterocycles. The topological polar surface area (TPSA) is 198 Å². The number of halogens is 1. The quantitative estimate of drug-likeness (QED) is 0.0882. The number of carbonyl (C=O) groups is 2. The Hall–Kier alpha value is -7.02. The van der Waals surface area contributed by atoms with Crippen molar-refractivity contribution in [1.82, 2.24) is 49.7 Å². The van der Waals surface area contributed by atoms with Gasteiger partial charge in [0.25, 0.3) is 0 Å². The number of hydrogen-bond acceptors (Lipinski definition) is 13. The first-order chi connectivity index (χ1) is 34.8. The van der Waals surface area contributed by atoms with Gasteiger partial charge in [0.05, 0.1) is 78.2 Å². The second-order valence-electron chi connectivity index (χ2n) is 20.4. The monoisotopic (exact) mass is 1030 g/mol. The molecule has 0 bridgehead atoms. The SMILES string of the molecule is COc1cc2c(cc1-c1c(C)noc1C)ncc1c2n(C(C)c2ccccn2)c(=O)n1CC(=O)NCC(C)(C)COCC(C)(C)CNC(=O)CC1N=C(c2ccc(Cl)cc2)c2c(sc(C)c2C)-n2c(C)nnc21. The molecule has 2 atom stereocenters. The van der Waals surface area contributed by atoms with E-state index < -0.39 is 22.9 Å². The number of aliphatic imine (C=N–C) groups is 1. The first-order valence-corrected chi connectivity index (χ1v) is 25.4. The van der Waals surface area contributed by atoms with Crippen molar-refractivity contribution in [1.29, 1.82) is 0 Å². The van der Waals surface area contributed by atoms with Gasteiger partial charge < -0.3 is 24.6 Å². The van der Waals surface area contributed by atoms with E-state index in [0.717, 1.165) is 44.4 Å². The lowest BCUT2D eigenvalue weighted by Gasteiger charge is -2.29. The highest BCUT2D eigenvalue weighted by Crippen LogP contribution is 2.41. The summed E-state index contributed by atoms with van der Waals surface area (Å²) in [7, 11) is 1.59. The van der Waals surface area contributed by atoms with E-state index in [9.17, 15) is 14.4 Å². The normalized spacial score (nSPS) is 14.2. The van der Waals surface area contributed by atoms with E-state index in [0.29, 0.717) is 75.4 Å². The van der Waals surface area contributed by atoms with Crippen molar-refractivity contribution in [3.63, 3.8) is 0 Å². The van der Waals surface area contributed by atoms with Crippen LogP contribution in [-0.4, -0.2) is 90.0 Å². The molecule has 2 unspecified atom stereocenters. The fourth-order valence-electron chi connectivity index (χ4n) is 9.43. The van der Waals surface area contributed by atoms with Gasteiger partial charge in [0, 0.05) is 62.1 Å². The highest BCUT2D eigenvalue weighted by molar-refractivity contribution is 7.15. The Morgan fingerprint density at radius 3 is 2.29 bits per heavy atom. The number of benzene rings is 2. The van der Waals surface area contributed by atoms with Crippen LogP contribution in [0.3, 0.4) is 0 Å². The lowest BCUT2D eigenvalue weighted by Crippen LogP contribution is -2.41. The third-order valence-corrected chi connectivity index (χ3v) is 14.9. The molecule has 8 aromatic rings. The maximum Gasteiger partial charge on any atom is 0.330 e. The fourth-order valence-corrected chi connectivity index (χ4v) is 10.8. The molecule has 0 aliphatic carbocycles. The molecule has 0 spiro atoms. The summed E-state index contributed by atoms with van der Waals surface area (Å²) in [5.41, 5.74) is 7.17. The number of ether oxygens (including phenoxy) is 2. The molecule has 1 aliphatic rings. The first-order valence-electron chi connectivity index (χ1n) is 24.2. The number of imidazole rings is 1. The van der Waals surface area contributed by atoms with Crippen LogP contribution < -0.4 is 21.1 Å². The van der Waals surface area contributed by atoms with E-state index in [1.807, 2.05) is 115 Å². The van der Waals surface area contributed by atoms with Gasteiger partial charge in [0.1, 0.15) is 34.9 Å². The van der Waals surface area contributed by atoms with Gasteiger partial charge in [-0.1, -0.05) is 62.7 Å². The third kappa shape index (κ3) is 10.1. The van der Waals surface area contributed by atoms with Gasteiger partial charge in [-0.15, -0.1) is 21.5 Å². The molecule has 0 saturated carbocycles. The van der Waals surface area contributed by atoms with Crippen LogP contribution in [0.5, 0.6) is 5.75 Å². The number of rotatable bonds is 17. The van der Waals surface area contributed by atoms with Crippen LogP contribution in [0, 0.1) is 45.4 Å². The molecule has 19 heteroatoms. The van der Waals surface area contributed by atoms with Crippen molar-refractivity contribution in [3.8, 4) is 21.9 Å². The van der Waals surface area contributed by atoms with Crippen LogP contribution in [0.25, 0.3) is 38.1 Å². The lowest BCUT2D eigenvalue weighted by molar-refractivity contribution is -0.122. The Morgan fingerprint density at radius 2 is 1.63 bits per heavy atom. The average molecular weight is 1030 g/mol. The molecule has 0 radical (unpaired) electrons. The van der Waals surface area contributed by atoms with Crippen LogP contribution in [0.2, 0.25) is 5.02 Å². The number of amides is 2. The molecule has 1 aliphatic heterocycles. The number of thiophene rings is 1. The molecular weight excluding hydrogens is 966 g/mol. The summed E-state index contributed by atoms with van der Waals surface area (Å²) in [6.07, 6.45) is 3.39. The van der Waals surface area contributed by atoms with Gasteiger partial charge in [-0.25, -0.2) is 4.79 Å². The predicted octanol–water partition coefficient (Wildman–Crippen LogP) is 9.14. The second-order valence-corrected chi connectivity index (χ2v) is 22.1. The highest BCUT2D eigenvalue weighted by Gasteiger charge is 2.34. The van der Waals surface area contributed by atoms with Crippen LogP contribution in [0.1, 0.15) is 103 Å². The van der Waals surface area contributed by atoms with Crippen LogP contribution in [0.4, 0.5) is 0 Å². The molecular formula is C54H60ClN11O6S. The minimum atomic E-state index is -0.594. The molecule has 9 rings (SSSR count). The zero-order valence-electron chi connectivity index (χ0n) is 43.0. The zero-order valence-corrected chi connectivity index (χ0v) is 44.6. The number of hydrogen-bond donors (Lipinski definition) is 2. The molecule has 380 valence electrons. The van der Waals surface area contributed by atoms with E-state index >= 15 is 0 Å². The van der Waals surface area contributed by atoms with Gasteiger partial charge in [0.15, 0.2) is 5.82 Å². The summed E-state index contributed by atoms with van der Waals surface area (Å²) in [6.45, 7) is 20.8. The molecule has 2 amide bonds. The minimum absolute atomic E-state index is 0.0643. The summed E-state index contributed by atoms with van der Waals surface area (Å²) in [5, 5.41) is 21.6. The Kier molecular flexibility index (Phi) is 14.0. The number of fused-ring (bicyclic) bond motifs is 6. The standard InChI is InChI=1S/C54H60ClN11O6S/c1-29-33(5)73-51-46(29)48(35-15-17-36(55)18-16-35)60-41(50-62-61-34(6)66(50)51)22-44(67)58-25-53(7,8)27-71-28-54(9,10)26-59-45(68)24-64-42-23-57-40-20-38(47-30(2)63-72-32(47)4)43(70-11)21-37(40)49(42)65(52(64)69)31(3)39-14-12-13-19-56-39/h12-21,23,31,41H,22,24-28H2,1-11H3,(H,58,67)(H,59,68). The maximum atomic E-state index is 14.6. The predicted molar refractivity (Wildman–Crippen MR) is 283 cm³/mol. The molecule has 0 saturated heterocycles. The van der Waals surface area contributed by atoms with Gasteiger partial charge in [-0.2, -0.15) is 0 Å². The molecule has 73 heavy (non-hydrogen) atoms. The van der Waals surface area contributed by atoms with E-state index in [1.54, 1.807) is 35.4 Å². The van der Waals surface area contributed by atoms with Crippen molar-refractivity contribution in [2.24, 2.45) is 15.8 Å².